The summed E-state index contributed by atoms with van der Waals surface area (Å²) in [5.41, 5.74) is 0.0440. The molecule has 0 amide bonds. The van der Waals surface area contributed by atoms with Gasteiger partial charge in [-0.05, 0) is 18.1 Å². The van der Waals surface area contributed by atoms with Crippen LogP contribution in [0, 0.1) is 11.6 Å². The quantitative estimate of drug-likeness (QED) is 0.863. The Morgan fingerprint density at radius 2 is 1.94 bits per heavy atom. The van der Waals surface area contributed by atoms with Crippen molar-refractivity contribution in [2.75, 3.05) is 14.2 Å². The number of carboxylic acid groups (broad SMARTS) is 1. The summed E-state index contributed by atoms with van der Waals surface area (Å²) in [6.45, 7) is 0. The smallest absolute Gasteiger partial charge is 0.303 e. The van der Waals surface area contributed by atoms with Gasteiger partial charge < -0.3 is 14.6 Å². The summed E-state index contributed by atoms with van der Waals surface area (Å²) in [6.07, 6.45) is -0.316. The fourth-order valence-corrected chi connectivity index (χ4v) is 1.39. The Kier molecular flexibility index (Phi) is 4.25. The van der Waals surface area contributed by atoms with Gasteiger partial charge in [0.2, 0.25) is 5.82 Å². The van der Waals surface area contributed by atoms with Crippen molar-refractivity contribution in [1.29, 1.82) is 0 Å². The van der Waals surface area contributed by atoms with Gasteiger partial charge >= 0.3 is 5.97 Å². The molecule has 0 aliphatic carbocycles. The van der Waals surface area contributed by atoms with E-state index in [0.29, 0.717) is 0 Å². The number of carboxylic acids is 1. The molecule has 0 bridgehead atoms. The van der Waals surface area contributed by atoms with E-state index in [1.54, 1.807) is 0 Å². The van der Waals surface area contributed by atoms with Crippen LogP contribution < -0.4 is 9.47 Å². The van der Waals surface area contributed by atoms with E-state index >= 15 is 0 Å². The molecule has 1 N–H and O–H groups in total. The monoisotopic (exact) mass is 246 g/mol. The average molecular weight is 246 g/mol. The van der Waals surface area contributed by atoms with Crippen LogP contribution in [0.1, 0.15) is 12.0 Å². The minimum atomic E-state index is -1.06. The Morgan fingerprint density at radius 1 is 1.29 bits per heavy atom. The number of hydrogen-bond donors (Lipinski definition) is 1. The molecule has 0 heterocycles. The molecule has 6 heteroatoms. The number of methoxy groups -OCH3 is 2. The Morgan fingerprint density at radius 3 is 2.41 bits per heavy atom. The Bertz CT molecular complexity index is 432. The maximum atomic E-state index is 13.7. The third-order valence-electron chi connectivity index (χ3n) is 2.23. The fraction of sp³-hybridized carbons (Fsp3) is 0.364. The second-order valence-electron chi connectivity index (χ2n) is 3.29. The number of benzene rings is 1. The van der Waals surface area contributed by atoms with E-state index in [4.69, 9.17) is 9.84 Å². The van der Waals surface area contributed by atoms with E-state index in [9.17, 15) is 13.6 Å². The van der Waals surface area contributed by atoms with Gasteiger partial charge in [0.15, 0.2) is 17.3 Å². The molecule has 1 rings (SSSR count). The molecule has 0 saturated heterocycles. The molecule has 17 heavy (non-hydrogen) atoms. The van der Waals surface area contributed by atoms with Gasteiger partial charge in [0.25, 0.3) is 0 Å². The van der Waals surface area contributed by atoms with Crippen LogP contribution in [-0.4, -0.2) is 25.3 Å². The Balaban J connectivity index is 3.16. The van der Waals surface area contributed by atoms with Crippen LogP contribution in [0.2, 0.25) is 0 Å². The summed E-state index contributed by atoms with van der Waals surface area (Å²) >= 11 is 0. The zero-order valence-electron chi connectivity index (χ0n) is 9.42. The Hall–Kier alpha value is -1.85. The summed E-state index contributed by atoms with van der Waals surface area (Å²) in [5.74, 6) is -3.64. The van der Waals surface area contributed by atoms with Gasteiger partial charge in [-0.25, -0.2) is 4.39 Å². The van der Waals surface area contributed by atoms with Gasteiger partial charge in [-0.1, -0.05) is 0 Å². The molecule has 0 radical (unpaired) electrons. The SMILES string of the molecule is COc1cc(CCC(=O)O)c(F)c(OC)c1F. The average Bonchev–Trinajstić information content (AvgIpc) is 2.28. The van der Waals surface area contributed by atoms with Crippen molar-refractivity contribution in [3.8, 4) is 11.5 Å². The molecule has 0 spiro atoms. The molecular weight excluding hydrogens is 234 g/mol. The molecule has 0 aromatic heterocycles. The lowest BCUT2D eigenvalue weighted by atomic mass is 10.1. The summed E-state index contributed by atoms with van der Waals surface area (Å²) in [6, 6.07) is 1.14. The number of hydrogen-bond acceptors (Lipinski definition) is 3. The lowest BCUT2D eigenvalue weighted by molar-refractivity contribution is -0.136. The van der Waals surface area contributed by atoms with E-state index in [1.807, 2.05) is 0 Å². The summed E-state index contributed by atoms with van der Waals surface area (Å²) in [7, 11) is 2.36. The molecule has 0 unspecified atom stereocenters. The van der Waals surface area contributed by atoms with Crippen molar-refractivity contribution in [3.63, 3.8) is 0 Å². The highest BCUT2D eigenvalue weighted by Crippen LogP contribution is 2.32. The third kappa shape index (κ3) is 2.83. The molecule has 0 aliphatic rings. The number of aliphatic carboxylic acids is 1. The van der Waals surface area contributed by atoms with Gasteiger partial charge in [-0.15, -0.1) is 0 Å². The first kappa shape index (κ1) is 13.2. The molecule has 4 nitrogen and oxygen atoms in total. The van der Waals surface area contributed by atoms with Crippen LogP contribution in [0.4, 0.5) is 8.78 Å². The highest BCUT2D eigenvalue weighted by Gasteiger charge is 2.20. The number of halogens is 2. The van der Waals surface area contributed by atoms with E-state index in [0.717, 1.165) is 13.2 Å². The fourth-order valence-electron chi connectivity index (χ4n) is 1.39. The zero-order valence-corrected chi connectivity index (χ0v) is 9.42. The number of ether oxygens (including phenoxy) is 2. The lowest BCUT2D eigenvalue weighted by Crippen LogP contribution is -2.04. The van der Waals surface area contributed by atoms with Crippen LogP contribution >= 0.6 is 0 Å². The lowest BCUT2D eigenvalue weighted by Gasteiger charge is -2.11. The van der Waals surface area contributed by atoms with E-state index in [2.05, 4.69) is 4.74 Å². The van der Waals surface area contributed by atoms with Crippen molar-refractivity contribution in [1.82, 2.24) is 0 Å². The maximum absolute atomic E-state index is 13.7. The number of rotatable bonds is 5. The first-order chi connectivity index (χ1) is 8.01. The van der Waals surface area contributed by atoms with E-state index < -0.39 is 23.4 Å². The maximum Gasteiger partial charge on any atom is 0.303 e. The van der Waals surface area contributed by atoms with Crippen molar-refractivity contribution >= 4 is 5.97 Å². The normalized spacial score (nSPS) is 10.1. The van der Waals surface area contributed by atoms with Gasteiger partial charge in [-0.3, -0.25) is 4.79 Å². The van der Waals surface area contributed by atoms with Crippen molar-refractivity contribution < 1.29 is 28.2 Å². The molecule has 0 aliphatic heterocycles. The predicted molar refractivity (Wildman–Crippen MR) is 55.4 cm³/mol. The van der Waals surface area contributed by atoms with Gasteiger partial charge in [0, 0.05) is 6.42 Å². The molecule has 1 aromatic rings. The van der Waals surface area contributed by atoms with Crippen molar-refractivity contribution in [2.24, 2.45) is 0 Å². The largest absolute Gasteiger partial charge is 0.494 e. The van der Waals surface area contributed by atoms with E-state index in [1.165, 1.54) is 7.11 Å². The molecule has 1 aromatic carbocycles. The van der Waals surface area contributed by atoms with Crippen LogP contribution in [0.15, 0.2) is 6.07 Å². The second-order valence-corrected chi connectivity index (χ2v) is 3.29. The van der Waals surface area contributed by atoms with Gasteiger partial charge in [0.1, 0.15) is 0 Å². The summed E-state index contributed by atoms with van der Waals surface area (Å²) in [4.78, 5) is 10.4. The van der Waals surface area contributed by atoms with Crippen LogP contribution in [0.5, 0.6) is 11.5 Å². The summed E-state index contributed by atoms with van der Waals surface area (Å²) < 4.78 is 36.5. The molecular formula is C11H12F2O4. The van der Waals surface area contributed by atoms with Crippen molar-refractivity contribution in [3.05, 3.63) is 23.3 Å². The third-order valence-corrected chi connectivity index (χ3v) is 2.23. The highest BCUT2D eigenvalue weighted by atomic mass is 19.1. The predicted octanol–water partition coefficient (Wildman–Crippen LogP) is 2.00. The minimum absolute atomic E-state index is 0.0440. The number of aryl methyl sites for hydroxylation is 1. The molecule has 94 valence electrons. The minimum Gasteiger partial charge on any atom is -0.494 e. The van der Waals surface area contributed by atoms with Crippen LogP contribution in [0.25, 0.3) is 0 Å². The van der Waals surface area contributed by atoms with Crippen LogP contribution in [0.3, 0.4) is 0 Å². The van der Waals surface area contributed by atoms with Gasteiger partial charge in [-0.2, -0.15) is 4.39 Å². The first-order valence-corrected chi connectivity index (χ1v) is 4.81. The molecule has 0 fully saturated rings. The Labute approximate surface area is 96.8 Å². The second kappa shape index (κ2) is 5.47. The molecule has 0 saturated carbocycles. The zero-order chi connectivity index (χ0) is 13.0. The topological polar surface area (TPSA) is 55.8 Å². The van der Waals surface area contributed by atoms with Crippen LogP contribution in [-0.2, 0) is 11.2 Å². The van der Waals surface area contributed by atoms with Gasteiger partial charge in [0.05, 0.1) is 14.2 Å². The highest BCUT2D eigenvalue weighted by molar-refractivity contribution is 5.67. The van der Waals surface area contributed by atoms with Crippen molar-refractivity contribution in [2.45, 2.75) is 12.8 Å². The molecule has 0 atom stereocenters. The first-order valence-electron chi connectivity index (χ1n) is 4.81. The van der Waals surface area contributed by atoms with E-state index in [-0.39, 0.29) is 24.2 Å². The summed E-state index contributed by atoms with van der Waals surface area (Å²) in [5, 5.41) is 8.51. The number of carbonyl (C=O) groups is 1. The standard InChI is InChI=1S/C11H12F2O4/c1-16-7-5-6(3-4-8(14)15)9(12)11(17-2)10(7)13/h5H,3-4H2,1-2H3,(H,14,15).